The van der Waals surface area contributed by atoms with Crippen molar-refractivity contribution in [1.82, 2.24) is 5.32 Å². The lowest BCUT2D eigenvalue weighted by Gasteiger charge is -2.42. The number of piperidine rings is 1. The number of alkyl halides is 3. The van der Waals surface area contributed by atoms with Gasteiger partial charge in [-0.05, 0) is 49.9 Å². The highest BCUT2D eigenvalue weighted by Gasteiger charge is 2.37. The first kappa shape index (κ1) is 21.8. The average Bonchev–Trinajstić information content (AvgIpc) is 2.72. The number of rotatable bonds is 6. The molecule has 158 valence electrons. The van der Waals surface area contributed by atoms with Crippen LogP contribution in [0.4, 0.5) is 13.2 Å². The first-order valence-corrected chi connectivity index (χ1v) is 9.87. The van der Waals surface area contributed by atoms with Gasteiger partial charge in [-0.15, -0.1) is 0 Å². The molecule has 1 aliphatic rings. The lowest BCUT2D eigenvalue weighted by molar-refractivity contribution is -0.137. The van der Waals surface area contributed by atoms with Crippen LogP contribution in [0, 0.1) is 6.92 Å². The Balaban J connectivity index is 1.79. The molecule has 0 aromatic heterocycles. The van der Waals surface area contributed by atoms with Gasteiger partial charge in [-0.2, -0.15) is 13.2 Å². The zero-order valence-corrected chi connectivity index (χ0v) is 17.1. The zero-order valence-electron chi connectivity index (χ0n) is 17.1. The number of aryl methyl sites for hydroxylation is 1. The summed E-state index contributed by atoms with van der Waals surface area (Å²) in [5.74, 6) is 0. The van der Waals surface area contributed by atoms with Crippen molar-refractivity contribution in [2.24, 2.45) is 0 Å². The van der Waals surface area contributed by atoms with Crippen LogP contribution in [-0.2, 0) is 21.2 Å². The van der Waals surface area contributed by atoms with Gasteiger partial charge in [0, 0.05) is 13.7 Å². The van der Waals surface area contributed by atoms with Crippen molar-refractivity contribution < 1.29 is 22.6 Å². The zero-order chi connectivity index (χ0) is 21.1. The molecule has 1 heterocycles. The number of hydrogen-bond donors (Lipinski definition) is 1. The van der Waals surface area contributed by atoms with Gasteiger partial charge in [0.25, 0.3) is 0 Å². The minimum Gasteiger partial charge on any atom is -0.380 e. The normalized spacial score (nSPS) is 23.7. The molecule has 2 aromatic rings. The van der Waals surface area contributed by atoms with E-state index in [0.717, 1.165) is 24.5 Å². The van der Waals surface area contributed by atoms with Crippen LogP contribution >= 0.6 is 0 Å². The van der Waals surface area contributed by atoms with E-state index in [0.29, 0.717) is 24.3 Å². The maximum absolute atomic E-state index is 13.2. The van der Waals surface area contributed by atoms with E-state index in [2.05, 4.69) is 17.4 Å². The van der Waals surface area contributed by atoms with Crippen LogP contribution in [0.3, 0.4) is 0 Å². The highest BCUT2D eigenvalue weighted by Crippen LogP contribution is 2.35. The minimum absolute atomic E-state index is 0.148. The number of methoxy groups -OCH3 is 1. The summed E-state index contributed by atoms with van der Waals surface area (Å²) >= 11 is 0. The molecule has 0 saturated carbocycles. The van der Waals surface area contributed by atoms with Gasteiger partial charge >= 0.3 is 6.18 Å². The van der Waals surface area contributed by atoms with E-state index in [1.807, 2.05) is 18.2 Å². The van der Waals surface area contributed by atoms with E-state index in [9.17, 15) is 13.2 Å². The van der Waals surface area contributed by atoms with Crippen LogP contribution in [0.2, 0.25) is 0 Å². The largest absolute Gasteiger partial charge is 0.416 e. The van der Waals surface area contributed by atoms with Crippen LogP contribution in [0.1, 0.15) is 48.1 Å². The van der Waals surface area contributed by atoms with Crippen molar-refractivity contribution in [2.75, 3.05) is 20.3 Å². The minimum atomic E-state index is -4.37. The quantitative estimate of drug-likeness (QED) is 0.697. The smallest absolute Gasteiger partial charge is 0.380 e. The summed E-state index contributed by atoms with van der Waals surface area (Å²) in [7, 11) is 1.70. The van der Waals surface area contributed by atoms with E-state index in [1.165, 1.54) is 6.07 Å². The third-order valence-corrected chi connectivity index (χ3v) is 5.70. The molecule has 1 saturated heterocycles. The Morgan fingerprint density at radius 1 is 1.17 bits per heavy atom. The van der Waals surface area contributed by atoms with Gasteiger partial charge in [0.05, 0.1) is 29.9 Å². The Labute approximate surface area is 170 Å². The van der Waals surface area contributed by atoms with Gasteiger partial charge in [0.1, 0.15) is 0 Å². The monoisotopic (exact) mass is 407 g/mol. The van der Waals surface area contributed by atoms with Gasteiger partial charge < -0.3 is 14.8 Å². The van der Waals surface area contributed by atoms with Crippen molar-refractivity contribution in [3.63, 3.8) is 0 Å². The number of ether oxygens (including phenoxy) is 2. The van der Waals surface area contributed by atoms with E-state index in [4.69, 9.17) is 9.47 Å². The molecule has 3 nitrogen and oxygen atoms in total. The second kappa shape index (κ2) is 8.86. The van der Waals surface area contributed by atoms with Gasteiger partial charge in [-0.1, -0.05) is 42.0 Å². The fourth-order valence-electron chi connectivity index (χ4n) is 3.89. The van der Waals surface area contributed by atoms with Crippen LogP contribution < -0.4 is 5.32 Å². The maximum Gasteiger partial charge on any atom is 0.416 e. The van der Waals surface area contributed by atoms with Crippen molar-refractivity contribution in [2.45, 2.75) is 50.6 Å². The van der Waals surface area contributed by atoms with Crippen LogP contribution in [0.5, 0.6) is 0 Å². The topological polar surface area (TPSA) is 30.5 Å². The Kier molecular flexibility index (Phi) is 6.66. The molecule has 1 fully saturated rings. The highest BCUT2D eigenvalue weighted by atomic mass is 19.4. The SMILES string of the molecule is COC1CC[C@@](CO[C@H](C)c2cc(C)cc(C(F)(F)F)c2)(c2ccccc2)NC1. The number of halogens is 3. The molecule has 0 bridgehead atoms. The van der Waals surface area contributed by atoms with Crippen molar-refractivity contribution in [3.05, 3.63) is 70.8 Å². The molecule has 0 radical (unpaired) electrons. The molecule has 1 unspecified atom stereocenters. The van der Waals surface area contributed by atoms with Gasteiger partial charge in [-0.25, -0.2) is 0 Å². The van der Waals surface area contributed by atoms with Gasteiger partial charge in [0.2, 0.25) is 0 Å². The van der Waals surface area contributed by atoms with E-state index < -0.39 is 17.8 Å². The first-order valence-electron chi connectivity index (χ1n) is 9.87. The lowest BCUT2D eigenvalue weighted by Crippen LogP contribution is -2.53. The van der Waals surface area contributed by atoms with Crippen molar-refractivity contribution in [1.29, 1.82) is 0 Å². The van der Waals surface area contributed by atoms with Gasteiger partial charge in [-0.3, -0.25) is 0 Å². The van der Waals surface area contributed by atoms with E-state index in [1.54, 1.807) is 27.0 Å². The lowest BCUT2D eigenvalue weighted by atomic mass is 9.82. The van der Waals surface area contributed by atoms with Crippen molar-refractivity contribution >= 4 is 0 Å². The van der Waals surface area contributed by atoms with Crippen LogP contribution in [0.15, 0.2) is 48.5 Å². The fraction of sp³-hybridized carbons (Fsp3) is 0.478. The predicted molar refractivity (Wildman–Crippen MR) is 107 cm³/mol. The summed E-state index contributed by atoms with van der Waals surface area (Å²) in [6.07, 6.45) is -2.97. The Morgan fingerprint density at radius 2 is 1.90 bits per heavy atom. The van der Waals surface area contributed by atoms with E-state index >= 15 is 0 Å². The number of hydrogen-bond acceptors (Lipinski definition) is 3. The second-order valence-corrected chi connectivity index (χ2v) is 7.81. The number of benzene rings is 2. The molecule has 1 aliphatic heterocycles. The van der Waals surface area contributed by atoms with Crippen LogP contribution in [-0.4, -0.2) is 26.4 Å². The molecule has 1 N–H and O–H groups in total. The van der Waals surface area contributed by atoms with Crippen LogP contribution in [0.25, 0.3) is 0 Å². The molecule has 3 atom stereocenters. The van der Waals surface area contributed by atoms with Gasteiger partial charge in [0.15, 0.2) is 0 Å². The summed E-state index contributed by atoms with van der Waals surface area (Å²) in [5.41, 5.74) is 1.19. The Hall–Kier alpha value is -1.89. The summed E-state index contributed by atoms with van der Waals surface area (Å²) in [5, 5.41) is 3.57. The Bertz CT molecular complexity index is 800. The summed E-state index contributed by atoms with van der Waals surface area (Å²) in [6, 6.07) is 14.2. The van der Waals surface area contributed by atoms with Crippen molar-refractivity contribution in [3.8, 4) is 0 Å². The predicted octanol–water partition coefficient (Wildman–Crippen LogP) is 5.39. The summed E-state index contributed by atoms with van der Waals surface area (Å²) in [6.45, 7) is 4.54. The molecular weight excluding hydrogens is 379 g/mol. The molecule has 3 rings (SSSR count). The maximum atomic E-state index is 13.2. The Morgan fingerprint density at radius 3 is 2.48 bits per heavy atom. The third-order valence-electron chi connectivity index (χ3n) is 5.70. The standard InChI is InChI=1S/C23H28F3NO2/c1-16-11-18(13-20(12-16)23(24,25)26)17(2)29-15-22(19-7-5-4-6-8-19)10-9-21(28-3)14-27-22/h4-8,11-13,17,21,27H,9-10,14-15H2,1-3H3/t17-,21?,22-/m1/s1. The average molecular weight is 407 g/mol. The number of nitrogens with one attached hydrogen (secondary N) is 1. The van der Waals surface area contributed by atoms with E-state index in [-0.39, 0.29) is 11.6 Å². The molecule has 0 aliphatic carbocycles. The highest BCUT2D eigenvalue weighted by molar-refractivity contribution is 5.32. The molecule has 2 aromatic carbocycles. The molecule has 29 heavy (non-hydrogen) atoms. The first-order chi connectivity index (χ1) is 13.7. The molecular formula is C23H28F3NO2. The summed E-state index contributed by atoms with van der Waals surface area (Å²) in [4.78, 5) is 0. The third kappa shape index (κ3) is 5.18. The molecule has 0 spiro atoms. The fourth-order valence-corrected chi connectivity index (χ4v) is 3.89. The molecule has 0 amide bonds. The molecule has 6 heteroatoms. The second-order valence-electron chi connectivity index (χ2n) is 7.81. The summed E-state index contributed by atoms with van der Waals surface area (Å²) < 4.78 is 51.1.